The zero-order valence-corrected chi connectivity index (χ0v) is 13.9. The van der Waals surface area contributed by atoms with E-state index in [1.54, 1.807) is 24.7 Å². The normalized spacial score (nSPS) is 32.2. The van der Waals surface area contributed by atoms with Gasteiger partial charge < -0.3 is 24.5 Å². The van der Waals surface area contributed by atoms with Crippen molar-refractivity contribution in [2.45, 2.75) is 44.1 Å². The molecule has 0 saturated carbocycles. The predicted molar refractivity (Wildman–Crippen MR) is 86.5 cm³/mol. The van der Waals surface area contributed by atoms with Gasteiger partial charge in [0.05, 0.1) is 18.8 Å². The van der Waals surface area contributed by atoms with Crippen LogP contribution < -0.4 is 5.32 Å². The number of hydrogen-bond acceptors (Lipinski definition) is 6. The van der Waals surface area contributed by atoms with Gasteiger partial charge in [-0.05, 0) is 13.0 Å². The molecule has 2 fully saturated rings. The second kappa shape index (κ2) is 6.42. The van der Waals surface area contributed by atoms with Crippen LogP contribution in [0.2, 0.25) is 5.02 Å². The Labute approximate surface area is 144 Å². The molecular weight excluding hydrogens is 332 g/mol. The molecule has 2 aliphatic rings. The average molecular weight is 351 g/mol. The zero-order valence-electron chi connectivity index (χ0n) is 13.2. The molecule has 4 rings (SSSR count). The van der Waals surface area contributed by atoms with Gasteiger partial charge in [-0.2, -0.15) is 0 Å². The molecule has 0 amide bonds. The number of pyridine rings is 1. The molecule has 2 bridgehead atoms. The van der Waals surface area contributed by atoms with Gasteiger partial charge in [-0.15, -0.1) is 0 Å². The summed E-state index contributed by atoms with van der Waals surface area (Å²) < 4.78 is 13.6. The Morgan fingerprint density at radius 3 is 3.08 bits per heavy atom. The zero-order chi connectivity index (χ0) is 16.7. The van der Waals surface area contributed by atoms with E-state index in [1.807, 2.05) is 17.7 Å². The predicted octanol–water partition coefficient (Wildman–Crippen LogP) is 1.06. The van der Waals surface area contributed by atoms with Crippen molar-refractivity contribution in [3.63, 3.8) is 0 Å². The average Bonchev–Trinajstić information content (AvgIpc) is 3.18. The van der Waals surface area contributed by atoms with Gasteiger partial charge in [-0.3, -0.25) is 4.98 Å². The molecule has 0 spiro atoms. The standard InChI is InChI=1S/C16H19ClN4O3/c1-9-19-4-5-21(9)14-15(22)13(12-8-23-16(14)24-12)20-7-10-6-18-3-2-11(10)17/h2-6,12-16,20,22H,7-8H2,1H3/t12-,13-,14-,15+,16-/m1/s1. The lowest BCUT2D eigenvalue weighted by molar-refractivity contribution is -0.165. The van der Waals surface area contributed by atoms with Crippen LogP contribution in [0.4, 0.5) is 0 Å². The fourth-order valence-electron chi connectivity index (χ4n) is 3.42. The molecule has 0 unspecified atom stereocenters. The van der Waals surface area contributed by atoms with Crippen LogP contribution in [-0.2, 0) is 16.0 Å². The van der Waals surface area contributed by atoms with Crippen LogP contribution in [0.1, 0.15) is 17.4 Å². The number of aliphatic hydroxyl groups is 1. The van der Waals surface area contributed by atoms with Gasteiger partial charge in [0.2, 0.25) is 0 Å². The summed E-state index contributed by atoms with van der Waals surface area (Å²) in [6, 6.07) is 1.14. The van der Waals surface area contributed by atoms with Crippen molar-refractivity contribution >= 4 is 11.6 Å². The number of aliphatic hydroxyl groups excluding tert-OH is 1. The number of halogens is 1. The molecule has 7 nitrogen and oxygen atoms in total. The van der Waals surface area contributed by atoms with E-state index in [0.29, 0.717) is 18.2 Å². The molecule has 0 aromatic carbocycles. The van der Waals surface area contributed by atoms with Crippen LogP contribution in [0.3, 0.4) is 0 Å². The topological polar surface area (TPSA) is 81.4 Å². The minimum Gasteiger partial charge on any atom is -0.389 e. The summed E-state index contributed by atoms with van der Waals surface area (Å²) in [4.78, 5) is 8.32. The minimum absolute atomic E-state index is 0.194. The Balaban J connectivity index is 1.54. The Kier molecular flexibility index (Phi) is 4.28. The van der Waals surface area contributed by atoms with Crippen molar-refractivity contribution < 1.29 is 14.6 Å². The van der Waals surface area contributed by atoms with Gasteiger partial charge in [0.25, 0.3) is 0 Å². The van der Waals surface area contributed by atoms with Gasteiger partial charge in [0.15, 0.2) is 6.29 Å². The van der Waals surface area contributed by atoms with E-state index >= 15 is 0 Å². The third-order valence-corrected chi connectivity index (χ3v) is 5.06. The summed E-state index contributed by atoms with van der Waals surface area (Å²) in [7, 11) is 0. The van der Waals surface area contributed by atoms with E-state index in [9.17, 15) is 5.11 Å². The van der Waals surface area contributed by atoms with E-state index < -0.39 is 12.4 Å². The fraction of sp³-hybridized carbons (Fsp3) is 0.500. The highest BCUT2D eigenvalue weighted by Gasteiger charge is 2.50. The van der Waals surface area contributed by atoms with Gasteiger partial charge in [0.1, 0.15) is 18.0 Å². The Morgan fingerprint density at radius 1 is 1.46 bits per heavy atom. The minimum atomic E-state index is -0.667. The molecule has 24 heavy (non-hydrogen) atoms. The van der Waals surface area contributed by atoms with Crippen molar-refractivity contribution in [1.29, 1.82) is 0 Å². The number of ether oxygens (including phenoxy) is 2. The van der Waals surface area contributed by atoms with Gasteiger partial charge in [0, 0.05) is 41.9 Å². The highest BCUT2D eigenvalue weighted by Crippen LogP contribution is 2.36. The second-order valence-electron chi connectivity index (χ2n) is 6.11. The monoisotopic (exact) mass is 350 g/mol. The first-order chi connectivity index (χ1) is 11.6. The molecule has 128 valence electrons. The molecule has 2 aliphatic heterocycles. The second-order valence-corrected chi connectivity index (χ2v) is 6.52. The smallest absolute Gasteiger partial charge is 0.181 e. The van der Waals surface area contributed by atoms with Crippen LogP contribution >= 0.6 is 11.6 Å². The molecule has 0 aliphatic carbocycles. The number of nitrogens with one attached hydrogen (secondary N) is 1. The van der Waals surface area contributed by atoms with Crippen molar-refractivity contribution in [1.82, 2.24) is 19.9 Å². The fourth-order valence-corrected chi connectivity index (χ4v) is 3.59. The maximum absolute atomic E-state index is 10.9. The number of fused-ring (bicyclic) bond motifs is 2. The van der Waals surface area contributed by atoms with E-state index in [0.717, 1.165) is 11.4 Å². The molecule has 2 N–H and O–H groups in total. The Morgan fingerprint density at radius 2 is 2.33 bits per heavy atom. The maximum atomic E-state index is 10.9. The first kappa shape index (κ1) is 16.0. The summed E-state index contributed by atoms with van der Waals surface area (Å²) in [5.41, 5.74) is 0.878. The molecule has 2 aromatic rings. The number of nitrogens with zero attached hydrogens (tertiary/aromatic N) is 3. The number of aromatic nitrogens is 3. The first-order valence-electron chi connectivity index (χ1n) is 7.91. The lowest BCUT2D eigenvalue weighted by Crippen LogP contribution is -2.57. The summed E-state index contributed by atoms with van der Waals surface area (Å²) in [5.74, 6) is 0.811. The largest absolute Gasteiger partial charge is 0.389 e. The molecule has 4 heterocycles. The SMILES string of the molecule is Cc1nccn1[C@H]1[C@@H]2OC[C@@H](O2)[C@@H](NCc2cnccc2Cl)[C@@H]1O. The molecule has 8 heteroatoms. The van der Waals surface area contributed by atoms with Gasteiger partial charge >= 0.3 is 0 Å². The third-order valence-electron chi connectivity index (χ3n) is 4.69. The third kappa shape index (κ3) is 2.72. The number of rotatable bonds is 4. The molecule has 2 saturated heterocycles. The van der Waals surface area contributed by atoms with Crippen molar-refractivity contribution in [2.75, 3.05) is 6.61 Å². The highest BCUT2D eigenvalue weighted by atomic mass is 35.5. The van der Waals surface area contributed by atoms with Gasteiger partial charge in [-0.25, -0.2) is 4.98 Å². The number of aryl methyl sites for hydroxylation is 1. The van der Waals surface area contributed by atoms with E-state index in [1.165, 1.54) is 0 Å². The van der Waals surface area contributed by atoms with Crippen LogP contribution in [0.25, 0.3) is 0 Å². The van der Waals surface area contributed by atoms with Gasteiger partial charge in [-0.1, -0.05) is 11.6 Å². The van der Waals surface area contributed by atoms with Crippen molar-refractivity contribution in [3.05, 3.63) is 47.3 Å². The highest BCUT2D eigenvalue weighted by molar-refractivity contribution is 6.31. The summed E-state index contributed by atoms with van der Waals surface area (Å²) in [6.45, 7) is 2.84. The maximum Gasteiger partial charge on any atom is 0.181 e. The lowest BCUT2D eigenvalue weighted by Gasteiger charge is -2.39. The Hall–Kier alpha value is -1.51. The quantitative estimate of drug-likeness (QED) is 0.858. The van der Waals surface area contributed by atoms with Crippen LogP contribution in [-0.4, -0.2) is 50.8 Å². The van der Waals surface area contributed by atoms with E-state index in [2.05, 4.69) is 15.3 Å². The van der Waals surface area contributed by atoms with Crippen molar-refractivity contribution in [2.24, 2.45) is 0 Å². The van der Waals surface area contributed by atoms with Crippen molar-refractivity contribution in [3.8, 4) is 0 Å². The summed E-state index contributed by atoms with van der Waals surface area (Å²) in [5, 5.41) is 14.9. The molecular formula is C16H19ClN4O3. The van der Waals surface area contributed by atoms with Crippen LogP contribution in [0.15, 0.2) is 30.9 Å². The number of hydrogen-bond donors (Lipinski definition) is 2. The summed E-state index contributed by atoms with van der Waals surface area (Å²) >= 11 is 6.18. The molecule has 0 radical (unpaired) electrons. The molecule has 5 atom stereocenters. The van der Waals surface area contributed by atoms with Crippen LogP contribution in [0, 0.1) is 6.92 Å². The van der Waals surface area contributed by atoms with E-state index in [-0.39, 0.29) is 18.2 Å². The lowest BCUT2D eigenvalue weighted by atomic mass is 9.95. The summed E-state index contributed by atoms with van der Waals surface area (Å²) in [6.07, 6.45) is 5.59. The number of imidazole rings is 1. The van der Waals surface area contributed by atoms with Crippen LogP contribution in [0.5, 0.6) is 0 Å². The Bertz CT molecular complexity index is 725. The van der Waals surface area contributed by atoms with E-state index in [4.69, 9.17) is 21.1 Å². The first-order valence-corrected chi connectivity index (χ1v) is 8.29. The molecule has 2 aromatic heterocycles.